The summed E-state index contributed by atoms with van der Waals surface area (Å²) in [4.78, 5) is 24.6. The highest BCUT2D eigenvalue weighted by molar-refractivity contribution is 7.89. The molecule has 0 unspecified atom stereocenters. The molecule has 4 aromatic rings. The average Bonchev–Trinajstić information content (AvgIpc) is 3.24. The van der Waals surface area contributed by atoms with E-state index in [-0.39, 0.29) is 23.0 Å². The summed E-state index contributed by atoms with van der Waals surface area (Å²) < 4.78 is 34.3. The Hall–Kier alpha value is -3.32. The lowest BCUT2D eigenvalue weighted by atomic mass is 10.2. The molecule has 1 saturated heterocycles. The van der Waals surface area contributed by atoms with Crippen molar-refractivity contribution in [3.05, 3.63) is 74.2 Å². The van der Waals surface area contributed by atoms with Gasteiger partial charge < -0.3 is 4.42 Å². The molecule has 5 rings (SSSR count). The SMILES string of the molecule is O=c1oc2ccccc2c2nn(CN3CCN(S(=O)(=O)c4ccc(Cl)c([N+](=O)[O-])c4)CC3)cc12. The molecule has 13 heteroatoms. The minimum absolute atomic E-state index is 0.123. The van der Waals surface area contributed by atoms with E-state index >= 15 is 0 Å². The molecule has 34 heavy (non-hydrogen) atoms. The van der Waals surface area contributed by atoms with Gasteiger partial charge in [0.05, 0.1) is 16.5 Å². The Balaban J connectivity index is 1.32. The molecule has 176 valence electrons. The number of benzene rings is 2. The number of rotatable bonds is 5. The third-order valence-corrected chi connectivity index (χ3v) is 7.97. The van der Waals surface area contributed by atoms with Gasteiger partial charge in [0.2, 0.25) is 10.0 Å². The summed E-state index contributed by atoms with van der Waals surface area (Å²) in [6, 6.07) is 10.6. The van der Waals surface area contributed by atoms with E-state index in [9.17, 15) is 23.3 Å². The number of piperazine rings is 1. The molecular formula is C21H18ClN5O6S. The molecule has 3 heterocycles. The maximum atomic E-state index is 13.0. The standard InChI is InChI=1S/C21H18ClN5O6S/c22-17-6-5-14(11-18(17)27(29)30)34(31,32)26-9-7-24(8-10-26)13-25-12-16-20(23-25)15-3-1-2-4-19(15)33-21(16)28/h1-6,11-12H,7-10,13H2. The van der Waals surface area contributed by atoms with Gasteiger partial charge in [-0.2, -0.15) is 9.40 Å². The van der Waals surface area contributed by atoms with Crippen LogP contribution in [0, 0.1) is 10.1 Å². The highest BCUT2D eigenvalue weighted by atomic mass is 35.5. The second-order valence-electron chi connectivity index (χ2n) is 7.85. The molecule has 0 aliphatic carbocycles. The Kier molecular flexibility index (Phi) is 5.60. The van der Waals surface area contributed by atoms with Crippen LogP contribution in [0.3, 0.4) is 0 Å². The topological polar surface area (TPSA) is 132 Å². The van der Waals surface area contributed by atoms with Crippen LogP contribution in [0.4, 0.5) is 5.69 Å². The summed E-state index contributed by atoms with van der Waals surface area (Å²) in [5, 5.41) is 16.7. The van der Waals surface area contributed by atoms with Gasteiger partial charge in [-0.1, -0.05) is 23.7 Å². The van der Waals surface area contributed by atoms with Crippen LogP contribution in [-0.4, -0.2) is 58.5 Å². The van der Waals surface area contributed by atoms with Gasteiger partial charge in [-0.25, -0.2) is 13.2 Å². The van der Waals surface area contributed by atoms with Crippen LogP contribution in [0.5, 0.6) is 0 Å². The van der Waals surface area contributed by atoms with Gasteiger partial charge in [-0.05, 0) is 24.3 Å². The summed E-state index contributed by atoms with van der Waals surface area (Å²) in [5.74, 6) is 0. The summed E-state index contributed by atoms with van der Waals surface area (Å²) in [6.07, 6.45) is 1.63. The van der Waals surface area contributed by atoms with E-state index in [4.69, 9.17) is 16.0 Å². The van der Waals surface area contributed by atoms with Gasteiger partial charge in [0.25, 0.3) is 5.69 Å². The van der Waals surface area contributed by atoms with Crippen molar-refractivity contribution >= 4 is 49.2 Å². The van der Waals surface area contributed by atoms with Gasteiger partial charge in [-0.3, -0.25) is 19.7 Å². The van der Waals surface area contributed by atoms with Crippen molar-refractivity contribution in [2.24, 2.45) is 0 Å². The zero-order valence-corrected chi connectivity index (χ0v) is 19.2. The maximum absolute atomic E-state index is 13.0. The normalized spacial score (nSPS) is 15.8. The van der Waals surface area contributed by atoms with Crippen LogP contribution in [0.25, 0.3) is 21.9 Å². The van der Waals surface area contributed by atoms with E-state index in [0.717, 1.165) is 11.5 Å². The Labute approximate surface area is 197 Å². The first-order chi connectivity index (χ1) is 16.2. The van der Waals surface area contributed by atoms with E-state index in [1.54, 1.807) is 23.0 Å². The lowest BCUT2D eigenvalue weighted by Gasteiger charge is -2.33. The predicted octanol–water partition coefficient (Wildman–Crippen LogP) is 2.67. The minimum Gasteiger partial charge on any atom is -0.422 e. The number of nitrogens with zero attached hydrogens (tertiary/aromatic N) is 5. The van der Waals surface area contributed by atoms with E-state index in [1.807, 2.05) is 17.0 Å². The van der Waals surface area contributed by atoms with Crippen molar-refractivity contribution in [1.82, 2.24) is 19.0 Å². The van der Waals surface area contributed by atoms with Crippen LogP contribution in [0.15, 0.2) is 62.8 Å². The Morgan fingerprint density at radius 3 is 2.56 bits per heavy atom. The number of aromatic nitrogens is 2. The Morgan fingerprint density at radius 1 is 1.09 bits per heavy atom. The summed E-state index contributed by atoms with van der Waals surface area (Å²) in [6.45, 7) is 1.60. The number of para-hydroxylation sites is 1. The van der Waals surface area contributed by atoms with E-state index in [0.29, 0.717) is 36.2 Å². The number of hydrogen-bond donors (Lipinski definition) is 0. The van der Waals surface area contributed by atoms with Crippen LogP contribution < -0.4 is 5.63 Å². The summed E-state index contributed by atoms with van der Waals surface area (Å²) in [7, 11) is -3.91. The quantitative estimate of drug-likeness (QED) is 0.231. The van der Waals surface area contributed by atoms with Crippen molar-refractivity contribution in [2.75, 3.05) is 26.2 Å². The molecule has 1 aliphatic heterocycles. The molecule has 0 amide bonds. The number of nitro groups is 1. The number of sulfonamides is 1. The van der Waals surface area contributed by atoms with Gasteiger partial charge in [-0.15, -0.1) is 0 Å². The molecule has 0 saturated carbocycles. The summed E-state index contributed by atoms with van der Waals surface area (Å²) >= 11 is 5.80. The largest absolute Gasteiger partial charge is 0.422 e. The molecular weight excluding hydrogens is 486 g/mol. The number of nitro benzene ring substituents is 1. The molecule has 2 aromatic carbocycles. The lowest BCUT2D eigenvalue weighted by Crippen LogP contribution is -2.48. The molecule has 0 atom stereocenters. The van der Waals surface area contributed by atoms with Crippen LogP contribution in [0.1, 0.15) is 0 Å². The van der Waals surface area contributed by atoms with Gasteiger partial charge in [0, 0.05) is 43.8 Å². The highest BCUT2D eigenvalue weighted by Crippen LogP contribution is 2.29. The van der Waals surface area contributed by atoms with Crippen molar-refractivity contribution in [3.63, 3.8) is 0 Å². The average molecular weight is 504 g/mol. The third-order valence-electron chi connectivity index (χ3n) is 5.75. The zero-order chi connectivity index (χ0) is 24.0. The molecule has 0 spiro atoms. The first kappa shape index (κ1) is 22.5. The fourth-order valence-electron chi connectivity index (χ4n) is 4.01. The monoisotopic (exact) mass is 503 g/mol. The zero-order valence-electron chi connectivity index (χ0n) is 17.6. The van der Waals surface area contributed by atoms with E-state index in [1.165, 1.54) is 16.4 Å². The highest BCUT2D eigenvalue weighted by Gasteiger charge is 2.30. The van der Waals surface area contributed by atoms with Crippen molar-refractivity contribution in [1.29, 1.82) is 0 Å². The van der Waals surface area contributed by atoms with Gasteiger partial charge >= 0.3 is 5.63 Å². The number of hydrogen-bond acceptors (Lipinski definition) is 8. The fourth-order valence-corrected chi connectivity index (χ4v) is 5.64. The van der Waals surface area contributed by atoms with E-state index in [2.05, 4.69) is 5.10 Å². The van der Waals surface area contributed by atoms with E-state index < -0.39 is 26.3 Å². The molecule has 0 bridgehead atoms. The minimum atomic E-state index is -3.91. The van der Waals surface area contributed by atoms with Gasteiger partial charge in [0.1, 0.15) is 21.5 Å². The van der Waals surface area contributed by atoms with Crippen LogP contribution >= 0.6 is 11.6 Å². The van der Waals surface area contributed by atoms with Crippen molar-refractivity contribution in [3.8, 4) is 0 Å². The molecule has 1 aliphatic rings. The Bertz CT molecular complexity index is 1590. The van der Waals surface area contributed by atoms with Crippen LogP contribution in [-0.2, 0) is 16.7 Å². The predicted molar refractivity (Wildman–Crippen MR) is 124 cm³/mol. The molecule has 1 fully saturated rings. The molecule has 0 radical (unpaired) electrons. The molecule has 11 nitrogen and oxygen atoms in total. The smallest absolute Gasteiger partial charge is 0.347 e. The Morgan fingerprint density at radius 2 is 1.82 bits per heavy atom. The number of fused-ring (bicyclic) bond motifs is 3. The third kappa shape index (κ3) is 3.94. The van der Waals surface area contributed by atoms with Crippen molar-refractivity contribution in [2.45, 2.75) is 11.6 Å². The summed E-state index contributed by atoms with van der Waals surface area (Å²) in [5.41, 5.74) is 0.0981. The second-order valence-corrected chi connectivity index (χ2v) is 10.2. The fraction of sp³-hybridized carbons (Fsp3) is 0.238. The lowest BCUT2D eigenvalue weighted by molar-refractivity contribution is -0.384. The maximum Gasteiger partial charge on any atom is 0.347 e. The number of halogens is 1. The van der Waals surface area contributed by atoms with Crippen LogP contribution in [0.2, 0.25) is 5.02 Å². The first-order valence-corrected chi connectivity index (χ1v) is 12.1. The second kappa shape index (κ2) is 8.47. The van der Waals surface area contributed by atoms with Crippen molar-refractivity contribution < 1.29 is 17.8 Å². The molecule has 0 N–H and O–H groups in total. The van der Waals surface area contributed by atoms with Gasteiger partial charge in [0.15, 0.2) is 0 Å². The molecule has 2 aromatic heterocycles. The first-order valence-electron chi connectivity index (χ1n) is 10.3.